The molecular formula is C18H29FN6O2. The van der Waals surface area contributed by atoms with E-state index in [0.717, 1.165) is 5.82 Å². The number of amides is 1. The van der Waals surface area contributed by atoms with E-state index in [1.807, 2.05) is 46.8 Å². The molecule has 2 atom stereocenters. The molecule has 1 aromatic heterocycles. The SMILES string of the molecule is CN(CC(=O)N1CCOCC1)C[C@@H]1C[C@H](F)CN1c1ccnc(N(C)C)n1. The maximum absolute atomic E-state index is 14.2. The van der Waals surface area contributed by atoms with Crippen molar-refractivity contribution in [3.63, 3.8) is 0 Å². The normalized spacial score (nSPS) is 23.1. The minimum Gasteiger partial charge on any atom is -0.378 e. The number of likely N-dealkylation sites (N-methyl/N-ethyl adjacent to an activating group) is 1. The van der Waals surface area contributed by atoms with Gasteiger partial charge in [-0.05, 0) is 13.1 Å². The molecule has 3 rings (SSSR count). The summed E-state index contributed by atoms with van der Waals surface area (Å²) in [7, 11) is 5.67. The second-order valence-corrected chi connectivity index (χ2v) is 7.44. The number of rotatable bonds is 6. The van der Waals surface area contributed by atoms with Crippen molar-refractivity contribution >= 4 is 17.7 Å². The Bertz CT molecular complexity index is 640. The average molecular weight is 380 g/mol. The Labute approximate surface area is 159 Å². The van der Waals surface area contributed by atoms with Crippen molar-refractivity contribution in [1.82, 2.24) is 19.8 Å². The number of ether oxygens (including phenoxy) is 1. The Morgan fingerprint density at radius 2 is 2.07 bits per heavy atom. The maximum atomic E-state index is 14.2. The number of halogens is 1. The van der Waals surface area contributed by atoms with E-state index in [1.165, 1.54) is 0 Å². The number of nitrogens with zero attached hydrogens (tertiary/aromatic N) is 6. The molecule has 1 amide bonds. The van der Waals surface area contributed by atoms with Crippen molar-refractivity contribution in [2.24, 2.45) is 0 Å². The van der Waals surface area contributed by atoms with E-state index in [9.17, 15) is 9.18 Å². The molecule has 0 aromatic carbocycles. The Morgan fingerprint density at radius 3 is 2.78 bits per heavy atom. The highest BCUT2D eigenvalue weighted by molar-refractivity contribution is 5.78. The van der Waals surface area contributed by atoms with E-state index >= 15 is 0 Å². The van der Waals surface area contributed by atoms with Crippen LogP contribution in [0.5, 0.6) is 0 Å². The molecule has 2 aliphatic heterocycles. The van der Waals surface area contributed by atoms with E-state index in [4.69, 9.17) is 4.74 Å². The van der Waals surface area contributed by atoms with Gasteiger partial charge in [-0.3, -0.25) is 9.69 Å². The van der Waals surface area contributed by atoms with Crippen LogP contribution in [0, 0.1) is 0 Å². The first kappa shape index (κ1) is 19.8. The number of hydrogen-bond acceptors (Lipinski definition) is 7. The van der Waals surface area contributed by atoms with Crippen LogP contribution < -0.4 is 9.80 Å². The molecule has 2 aliphatic rings. The van der Waals surface area contributed by atoms with Crippen LogP contribution in [-0.4, -0.2) is 105 Å². The predicted molar refractivity (Wildman–Crippen MR) is 102 cm³/mol. The zero-order valence-electron chi connectivity index (χ0n) is 16.3. The van der Waals surface area contributed by atoms with E-state index in [2.05, 4.69) is 9.97 Å². The van der Waals surface area contributed by atoms with Crippen molar-refractivity contribution in [3.8, 4) is 0 Å². The van der Waals surface area contributed by atoms with E-state index in [1.54, 1.807) is 6.20 Å². The number of alkyl halides is 1. The van der Waals surface area contributed by atoms with Crippen molar-refractivity contribution in [2.75, 3.05) is 76.9 Å². The zero-order chi connectivity index (χ0) is 19.4. The van der Waals surface area contributed by atoms with Gasteiger partial charge in [-0.2, -0.15) is 4.98 Å². The van der Waals surface area contributed by atoms with Crippen LogP contribution >= 0.6 is 0 Å². The molecule has 0 radical (unpaired) electrons. The molecule has 3 heterocycles. The average Bonchev–Trinajstić information content (AvgIpc) is 3.02. The van der Waals surface area contributed by atoms with Gasteiger partial charge in [-0.1, -0.05) is 0 Å². The molecule has 0 unspecified atom stereocenters. The quantitative estimate of drug-likeness (QED) is 0.701. The number of hydrogen-bond donors (Lipinski definition) is 0. The van der Waals surface area contributed by atoms with Gasteiger partial charge in [0.25, 0.3) is 0 Å². The summed E-state index contributed by atoms with van der Waals surface area (Å²) < 4.78 is 19.5. The third-order valence-electron chi connectivity index (χ3n) is 4.98. The monoisotopic (exact) mass is 380 g/mol. The molecule has 150 valence electrons. The zero-order valence-corrected chi connectivity index (χ0v) is 16.3. The first-order chi connectivity index (χ1) is 12.9. The summed E-state index contributed by atoms with van der Waals surface area (Å²) in [5, 5.41) is 0. The topological polar surface area (TPSA) is 65.0 Å². The first-order valence-electron chi connectivity index (χ1n) is 9.39. The Kier molecular flexibility index (Phi) is 6.43. The number of carbonyl (C=O) groups excluding carboxylic acids is 1. The summed E-state index contributed by atoms with van der Waals surface area (Å²) in [6, 6.07) is 1.80. The van der Waals surface area contributed by atoms with E-state index in [-0.39, 0.29) is 11.9 Å². The van der Waals surface area contributed by atoms with Crippen molar-refractivity contribution in [3.05, 3.63) is 12.3 Å². The summed E-state index contributed by atoms with van der Waals surface area (Å²) in [6.07, 6.45) is 1.25. The van der Waals surface area contributed by atoms with Crippen LogP contribution in [0.2, 0.25) is 0 Å². The Morgan fingerprint density at radius 1 is 1.33 bits per heavy atom. The summed E-state index contributed by atoms with van der Waals surface area (Å²) in [6.45, 7) is 3.73. The highest BCUT2D eigenvalue weighted by Crippen LogP contribution is 2.27. The molecule has 1 aromatic rings. The maximum Gasteiger partial charge on any atom is 0.236 e. The predicted octanol–water partition coefficient (Wildman–Crippen LogP) is 0.250. The standard InChI is InChI=1S/C18H29FN6O2/c1-22(2)18-20-5-4-16(21-18)25-11-14(19)10-15(25)12-23(3)13-17(26)24-6-8-27-9-7-24/h4-5,14-15H,6-13H2,1-3H3/t14-,15-/m0/s1. The number of morpholine rings is 1. The van der Waals surface area contributed by atoms with Gasteiger partial charge >= 0.3 is 0 Å². The molecule has 0 spiro atoms. The fraction of sp³-hybridized carbons (Fsp3) is 0.722. The van der Waals surface area contributed by atoms with Crippen molar-refractivity contribution in [1.29, 1.82) is 0 Å². The molecular weight excluding hydrogens is 351 g/mol. The minimum atomic E-state index is -0.892. The summed E-state index contributed by atoms with van der Waals surface area (Å²) in [4.78, 5) is 28.8. The lowest BCUT2D eigenvalue weighted by Gasteiger charge is -2.31. The fourth-order valence-electron chi connectivity index (χ4n) is 3.60. The highest BCUT2D eigenvalue weighted by atomic mass is 19.1. The third kappa shape index (κ3) is 5.04. The summed E-state index contributed by atoms with van der Waals surface area (Å²) >= 11 is 0. The van der Waals surface area contributed by atoms with Crippen molar-refractivity contribution in [2.45, 2.75) is 18.6 Å². The Hall–Kier alpha value is -2.00. The molecule has 0 N–H and O–H groups in total. The van der Waals surface area contributed by atoms with Gasteiger partial charge in [-0.25, -0.2) is 9.37 Å². The van der Waals surface area contributed by atoms with Crippen LogP contribution in [0.15, 0.2) is 12.3 Å². The Balaban J connectivity index is 1.62. The molecule has 0 aliphatic carbocycles. The largest absolute Gasteiger partial charge is 0.378 e. The molecule has 0 bridgehead atoms. The summed E-state index contributed by atoms with van der Waals surface area (Å²) in [5.41, 5.74) is 0. The van der Waals surface area contributed by atoms with Crippen LogP contribution in [0.4, 0.5) is 16.2 Å². The fourth-order valence-corrected chi connectivity index (χ4v) is 3.60. The van der Waals surface area contributed by atoms with Crippen LogP contribution in [-0.2, 0) is 9.53 Å². The lowest BCUT2D eigenvalue weighted by molar-refractivity contribution is -0.136. The van der Waals surface area contributed by atoms with Gasteiger partial charge in [0.1, 0.15) is 12.0 Å². The lowest BCUT2D eigenvalue weighted by atomic mass is 10.2. The molecule has 27 heavy (non-hydrogen) atoms. The molecule has 0 saturated carbocycles. The van der Waals surface area contributed by atoms with Crippen molar-refractivity contribution < 1.29 is 13.9 Å². The smallest absolute Gasteiger partial charge is 0.236 e. The first-order valence-corrected chi connectivity index (χ1v) is 9.39. The van der Waals surface area contributed by atoms with Crippen LogP contribution in [0.25, 0.3) is 0 Å². The van der Waals surface area contributed by atoms with Crippen LogP contribution in [0.1, 0.15) is 6.42 Å². The van der Waals surface area contributed by atoms with E-state index in [0.29, 0.717) is 58.3 Å². The van der Waals surface area contributed by atoms with Crippen LogP contribution in [0.3, 0.4) is 0 Å². The molecule has 8 nitrogen and oxygen atoms in total. The van der Waals surface area contributed by atoms with Gasteiger partial charge < -0.3 is 19.4 Å². The van der Waals surface area contributed by atoms with Gasteiger partial charge in [0, 0.05) is 52.4 Å². The van der Waals surface area contributed by atoms with Gasteiger partial charge in [-0.15, -0.1) is 0 Å². The molecule has 9 heteroatoms. The van der Waals surface area contributed by atoms with E-state index < -0.39 is 6.17 Å². The second-order valence-electron chi connectivity index (χ2n) is 7.44. The molecule has 2 fully saturated rings. The minimum absolute atomic E-state index is 0.0209. The second kappa shape index (κ2) is 8.79. The lowest BCUT2D eigenvalue weighted by Crippen LogP contribution is -2.47. The van der Waals surface area contributed by atoms with Gasteiger partial charge in [0.15, 0.2) is 0 Å². The number of anilines is 2. The molecule has 2 saturated heterocycles. The highest BCUT2D eigenvalue weighted by Gasteiger charge is 2.34. The number of carbonyl (C=O) groups is 1. The van der Waals surface area contributed by atoms with Gasteiger partial charge in [0.05, 0.1) is 26.3 Å². The summed E-state index contributed by atoms with van der Waals surface area (Å²) in [5.74, 6) is 1.43. The number of aromatic nitrogens is 2. The van der Waals surface area contributed by atoms with Gasteiger partial charge in [0.2, 0.25) is 11.9 Å². The third-order valence-corrected chi connectivity index (χ3v) is 4.98.